The summed E-state index contributed by atoms with van der Waals surface area (Å²) in [7, 11) is 0. The first-order chi connectivity index (χ1) is 9.78. The summed E-state index contributed by atoms with van der Waals surface area (Å²) < 4.78 is 5.66. The average Bonchev–Trinajstić information content (AvgIpc) is 2.45. The van der Waals surface area contributed by atoms with Crippen LogP contribution in [0.1, 0.15) is 12.5 Å². The molecule has 20 heavy (non-hydrogen) atoms. The van der Waals surface area contributed by atoms with Gasteiger partial charge in [0, 0.05) is 12.7 Å². The van der Waals surface area contributed by atoms with Crippen molar-refractivity contribution in [2.45, 2.75) is 13.8 Å². The highest BCUT2D eigenvalue weighted by Gasteiger charge is 1.98. The van der Waals surface area contributed by atoms with E-state index in [4.69, 9.17) is 4.74 Å². The van der Waals surface area contributed by atoms with E-state index < -0.39 is 0 Å². The van der Waals surface area contributed by atoms with Gasteiger partial charge in [-0.15, -0.1) is 0 Å². The van der Waals surface area contributed by atoms with Gasteiger partial charge in [0.05, 0.1) is 6.54 Å². The van der Waals surface area contributed by atoms with Crippen molar-refractivity contribution in [3.05, 3.63) is 42.1 Å². The van der Waals surface area contributed by atoms with Gasteiger partial charge in [0.25, 0.3) is 0 Å². The van der Waals surface area contributed by atoms with Gasteiger partial charge in [0.1, 0.15) is 18.2 Å². The summed E-state index contributed by atoms with van der Waals surface area (Å²) in [6, 6.07) is 9.86. The third-order valence-corrected chi connectivity index (χ3v) is 2.66. The maximum Gasteiger partial charge on any atom is 0.224 e. The summed E-state index contributed by atoms with van der Waals surface area (Å²) >= 11 is 0. The molecule has 0 aliphatic heterocycles. The van der Waals surface area contributed by atoms with E-state index in [1.807, 2.05) is 44.2 Å². The Morgan fingerprint density at radius 1 is 1.20 bits per heavy atom. The van der Waals surface area contributed by atoms with Gasteiger partial charge in [-0.05, 0) is 37.6 Å². The van der Waals surface area contributed by atoms with E-state index in [-0.39, 0.29) is 0 Å². The minimum atomic E-state index is 0.587. The van der Waals surface area contributed by atoms with Crippen molar-refractivity contribution in [3.8, 4) is 5.75 Å². The quantitative estimate of drug-likeness (QED) is 0.759. The smallest absolute Gasteiger partial charge is 0.224 e. The molecule has 0 saturated carbocycles. The molecule has 0 amide bonds. The number of hydrogen-bond donors (Lipinski definition) is 2. The standard InChI is InChI=1S/C15H20N4O/c1-3-16-15-18-8-7-14(19-15)17-9-10-20-13-6-4-5-12(2)11-13/h4-8,11H,3,9-10H2,1-2H3,(H2,16,17,18,19). The van der Waals surface area contributed by atoms with Crippen LogP contribution in [0, 0.1) is 6.92 Å². The second-order valence-electron chi connectivity index (χ2n) is 4.39. The van der Waals surface area contributed by atoms with Crippen LogP contribution in [0.15, 0.2) is 36.5 Å². The van der Waals surface area contributed by atoms with E-state index in [9.17, 15) is 0 Å². The van der Waals surface area contributed by atoms with E-state index in [2.05, 4.69) is 20.6 Å². The molecule has 2 rings (SSSR count). The summed E-state index contributed by atoms with van der Waals surface area (Å²) in [4.78, 5) is 8.45. The number of nitrogens with one attached hydrogen (secondary N) is 2. The zero-order valence-corrected chi connectivity index (χ0v) is 11.9. The maximum atomic E-state index is 5.66. The molecule has 1 heterocycles. The van der Waals surface area contributed by atoms with Crippen LogP contribution in [0.25, 0.3) is 0 Å². The Kier molecular flexibility index (Phi) is 5.17. The molecule has 0 saturated heterocycles. The highest BCUT2D eigenvalue weighted by molar-refractivity contribution is 5.39. The molecule has 0 bridgehead atoms. The molecule has 5 heteroatoms. The number of aryl methyl sites for hydroxylation is 1. The molecule has 0 unspecified atom stereocenters. The Balaban J connectivity index is 1.77. The number of nitrogens with zero attached hydrogens (tertiary/aromatic N) is 2. The predicted molar refractivity (Wildman–Crippen MR) is 81.4 cm³/mol. The lowest BCUT2D eigenvalue weighted by atomic mass is 10.2. The van der Waals surface area contributed by atoms with Crippen LogP contribution in [-0.4, -0.2) is 29.7 Å². The van der Waals surface area contributed by atoms with Crippen LogP contribution >= 0.6 is 0 Å². The van der Waals surface area contributed by atoms with Crippen molar-refractivity contribution >= 4 is 11.8 Å². The van der Waals surface area contributed by atoms with Gasteiger partial charge in [0.2, 0.25) is 5.95 Å². The molecule has 106 valence electrons. The Bertz CT molecular complexity index is 545. The zero-order valence-electron chi connectivity index (χ0n) is 11.9. The van der Waals surface area contributed by atoms with Gasteiger partial charge in [0.15, 0.2) is 0 Å². The second-order valence-corrected chi connectivity index (χ2v) is 4.39. The van der Waals surface area contributed by atoms with Crippen molar-refractivity contribution < 1.29 is 4.74 Å². The van der Waals surface area contributed by atoms with Crippen LogP contribution < -0.4 is 15.4 Å². The van der Waals surface area contributed by atoms with Gasteiger partial charge in [-0.2, -0.15) is 4.98 Å². The van der Waals surface area contributed by atoms with Crippen molar-refractivity contribution in [2.75, 3.05) is 30.3 Å². The van der Waals surface area contributed by atoms with Crippen molar-refractivity contribution in [1.82, 2.24) is 9.97 Å². The van der Waals surface area contributed by atoms with E-state index in [0.29, 0.717) is 19.1 Å². The largest absolute Gasteiger partial charge is 0.492 e. The number of rotatable bonds is 7. The fourth-order valence-electron chi connectivity index (χ4n) is 1.75. The minimum absolute atomic E-state index is 0.587. The third-order valence-electron chi connectivity index (χ3n) is 2.66. The van der Waals surface area contributed by atoms with Crippen LogP contribution in [0.2, 0.25) is 0 Å². The van der Waals surface area contributed by atoms with E-state index in [1.54, 1.807) is 6.20 Å². The summed E-state index contributed by atoms with van der Waals surface area (Å²) in [6.45, 7) is 6.15. The van der Waals surface area contributed by atoms with Gasteiger partial charge in [-0.25, -0.2) is 4.98 Å². The maximum absolute atomic E-state index is 5.66. The van der Waals surface area contributed by atoms with Crippen LogP contribution in [0.5, 0.6) is 5.75 Å². The fraction of sp³-hybridized carbons (Fsp3) is 0.333. The lowest BCUT2D eigenvalue weighted by molar-refractivity contribution is 0.332. The number of benzene rings is 1. The van der Waals surface area contributed by atoms with Crippen LogP contribution in [0.4, 0.5) is 11.8 Å². The molecular weight excluding hydrogens is 252 g/mol. The zero-order chi connectivity index (χ0) is 14.2. The van der Waals surface area contributed by atoms with Crippen LogP contribution in [-0.2, 0) is 0 Å². The fourth-order valence-corrected chi connectivity index (χ4v) is 1.75. The normalized spacial score (nSPS) is 10.1. The van der Waals surface area contributed by atoms with E-state index in [0.717, 1.165) is 18.1 Å². The molecule has 0 spiro atoms. The number of ether oxygens (including phenoxy) is 1. The topological polar surface area (TPSA) is 59.1 Å². The second kappa shape index (κ2) is 7.33. The molecule has 0 aliphatic rings. The van der Waals surface area contributed by atoms with Gasteiger partial charge in [-0.1, -0.05) is 12.1 Å². The Hall–Kier alpha value is -2.30. The number of aromatic nitrogens is 2. The summed E-state index contributed by atoms with van der Waals surface area (Å²) in [5, 5.41) is 6.29. The van der Waals surface area contributed by atoms with Gasteiger partial charge in [-0.3, -0.25) is 0 Å². The molecule has 1 aromatic heterocycles. The minimum Gasteiger partial charge on any atom is -0.492 e. The highest BCUT2D eigenvalue weighted by Crippen LogP contribution is 2.12. The highest BCUT2D eigenvalue weighted by atomic mass is 16.5. The Labute approximate surface area is 119 Å². The monoisotopic (exact) mass is 272 g/mol. The first-order valence-electron chi connectivity index (χ1n) is 6.78. The predicted octanol–water partition coefficient (Wildman–Crippen LogP) is 2.71. The Morgan fingerprint density at radius 2 is 2.10 bits per heavy atom. The van der Waals surface area contributed by atoms with Gasteiger partial charge < -0.3 is 15.4 Å². The van der Waals surface area contributed by atoms with E-state index in [1.165, 1.54) is 5.56 Å². The molecule has 0 radical (unpaired) electrons. The summed E-state index contributed by atoms with van der Waals surface area (Å²) in [5.74, 6) is 2.32. The van der Waals surface area contributed by atoms with Crippen molar-refractivity contribution in [2.24, 2.45) is 0 Å². The first-order valence-corrected chi connectivity index (χ1v) is 6.78. The molecule has 5 nitrogen and oxygen atoms in total. The summed E-state index contributed by atoms with van der Waals surface area (Å²) in [6.07, 6.45) is 1.73. The average molecular weight is 272 g/mol. The lowest BCUT2D eigenvalue weighted by Gasteiger charge is -2.09. The molecule has 0 fully saturated rings. The third kappa shape index (κ3) is 4.42. The number of anilines is 2. The van der Waals surface area contributed by atoms with Crippen molar-refractivity contribution in [3.63, 3.8) is 0 Å². The molecule has 2 N–H and O–H groups in total. The molecule has 1 aromatic carbocycles. The molecule has 0 aliphatic carbocycles. The van der Waals surface area contributed by atoms with Crippen molar-refractivity contribution in [1.29, 1.82) is 0 Å². The van der Waals surface area contributed by atoms with E-state index >= 15 is 0 Å². The first kappa shape index (κ1) is 14.1. The van der Waals surface area contributed by atoms with Crippen LogP contribution in [0.3, 0.4) is 0 Å². The molecule has 0 atom stereocenters. The van der Waals surface area contributed by atoms with Gasteiger partial charge >= 0.3 is 0 Å². The number of hydrogen-bond acceptors (Lipinski definition) is 5. The summed E-state index contributed by atoms with van der Waals surface area (Å²) in [5.41, 5.74) is 1.20. The molecular formula is C15H20N4O. The lowest BCUT2D eigenvalue weighted by Crippen LogP contribution is -2.13. The SMILES string of the molecule is CCNc1nccc(NCCOc2cccc(C)c2)n1. The molecule has 2 aromatic rings. The Morgan fingerprint density at radius 3 is 2.90 bits per heavy atom.